The van der Waals surface area contributed by atoms with Crippen molar-refractivity contribution < 1.29 is 64.0 Å². The van der Waals surface area contributed by atoms with Crippen LogP contribution in [0.3, 0.4) is 0 Å². The summed E-state index contributed by atoms with van der Waals surface area (Å²) in [6, 6.07) is 6.90. The van der Waals surface area contributed by atoms with Crippen molar-refractivity contribution >= 4 is 58.2 Å². The normalized spacial score (nSPS) is 16.2. The van der Waals surface area contributed by atoms with Crippen LogP contribution in [0.15, 0.2) is 59.8 Å². The number of allylic oxidation sites excluding steroid dienone is 2. The third-order valence-corrected chi connectivity index (χ3v) is 12.0. The van der Waals surface area contributed by atoms with Gasteiger partial charge in [-0.3, -0.25) is 28.9 Å². The number of hydrogen-bond acceptors (Lipinski definition) is 10. The van der Waals surface area contributed by atoms with Crippen LogP contribution in [-0.4, -0.2) is 140 Å². The van der Waals surface area contributed by atoms with Gasteiger partial charge in [-0.2, -0.15) is 0 Å². The van der Waals surface area contributed by atoms with Crippen molar-refractivity contribution in [3.8, 4) is 5.75 Å². The number of quaternary nitrogens is 1. The number of aryl methyl sites for hydroxylation is 2. The quantitative estimate of drug-likeness (QED) is 0.0475. The lowest BCUT2D eigenvalue weighted by Gasteiger charge is -2.32. The molecule has 3 aliphatic heterocycles. The molecule has 1 unspecified atom stereocenters. The van der Waals surface area contributed by atoms with Gasteiger partial charge in [0.1, 0.15) is 17.6 Å². The fourth-order valence-corrected chi connectivity index (χ4v) is 8.73. The van der Waals surface area contributed by atoms with Gasteiger partial charge in [0.15, 0.2) is 17.2 Å². The summed E-state index contributed by atoms with van der Waals surface area (Å²) in [5, 5.41) is 2.37. The lowest BCUT2D eigenvalue weighted by atomic mass is 9.88. The first kappa shape index (κ1) is 48.9. The molecule has 342 valence electrons. The molecule has 1 N–H and O–H groups in total. The number of Topliss-reactive ketones (excluding diaryl/α,β-unsaturated/α-hetero) is 2. The monoisotopic (exact) mass is 897 g/mol. The van der Waals surface area contributed by atoms with Crippen LogP contribution in [0.1, 0.15) is 86.7 Å². The van der Waals surface area contributed by atoms with Gasteiger partial charge in [-0.05, 0) is 80.6 Å². The minimum Gasteiger partial charge on any atom is -0.748 e. The number of nitrogens with zero attached hydrogens (tertiary/aromatic N) is 4. The number of nitrogens with one attached hydrogen (secondary N) is 1. The minimum atomic E-state index is -4.94. The average molecular weight is 898 g/mol. The van der Waals surface area contributed by atoms with E-state index in [1.165, 1.54) is 19.3 Å². The summed E-state index contributed by atoms with van der Waals surface area (Å²) in [5.74, 6) is -2.80. The number of methoxy groups -OCH3 is 1. The Bertz CT molecular complexity index is 2300. The largest absolute Gasteiger partial charge is 0.748 e. The number of rotatable bonds is 26. The number of fused-ring (bicyclic) bond motifs is 2. The molecular formula is C44H58BF2N5O10S. The third kappa shape index (κ3) is 13.2. The molecule has 63 heavy (non-hydrogen) atoms. The molecule has 0 radical (unpaired) electrons. The van der Waals surface area contributed by atoms with Gasteiger partial charge in [-0.1, -0.05) is 6.42 Å². The summed E-state index contributed by atoms with van der Waals surface area (Å²) in [5.41, 5.74) is 3.22. The van der Waals surface area contributed by atoms with E-state index in [1.807, 2.05) is 6.08 Å². The molecule has 3 aliphatic rings. The summed E-state index contributed by atoms with van der Waals surface area (Å²) in [4.78, 5) is 62.9. The van der Waals surface area contributed by atoms with Crippen LogP contribution in [0.5, 0.6) is 5.75 Å². The molecule has 0 aliphatic carbocycles. The highest BCUT2D eigenvalue weighted by atomic mass is 32.2. The number of ketones is 2. The SMILES string of the molecule is COc1ccc(C2=[N+]3C(=Cc4c(C)cc(CCC(=O)NC(CS(=O)(=O)[O-])C(=O)CCCCCC(=O)CCCOCCN5C(=O)C=CC5=O)n4[B-]3(F)F)C(CCC[N+](C)(C)C)=C2)cc1. The minimum absolute atomic E-state index is 0.0137. The number of halogens is 2. The van der Waals surface area contributed by atoms with Crippen molar-refractivity contribution in [2.75, 3.05) is 60.3 Å². The number of imide groups is 1. The average Bonchev–Trinajstić information content (AvgIpc) is 3.86. The van der Waals surface area contributed by atoms with E-state index in [-0.39, 0.29) is 69.8 Å². The highest BCUT2D eigenvalue weighted by molar-refractivity contribution is 7.85. The van der Waals surface area contributed by atoms with Crippen LogP contribution in [0, 0.1) is 6.92 Å². The predicted octanol–water partition coefficient (Wildman–Crippen LogP) is 4.08. The Balaban J connectivity index is 1.16. The second kappa shape index (κ2) is 21.0. The van der Waals surface area contributed by atoms with Crippen LogP contribution in [0.2, 0.25) is 0 Å². The maximum absolute atomic E-state index is 17.1. The van der Waals surface area contributed by atoms with Gasteiger partial charge in [-0.15, -0.1) is 0 Å². The summed E-state index contributed by atoms with van der Waals surface area (Å²) in [6.07, 6.45) is 8.83. The fraction of sp³-hybridized carbons (Fsp3) is 0.500. The maximum Gasteiger partial charge on any atom is 0.737 e. The molecule has 0 saturated heterocycles. The first-order valence-electron chi connectivity index (χ1n) is 21.3. The van der Waals surface area contributed by atoms with Gasteiger partial charge in [0.25, 0.3) is 11.8 Å². The van der Waals surface area contributed by atoms with Crippen molar-refractivity contribution in [1.29, 1.82) is 0 Å². The molecule has 0 saturated carbocycles. The molecule has 19 heteroatoms. The van der Waals surface area contributed by atoms with Crippen molar-refractivity contribution in [2.24, 2.45) is 0 Å². The molecule has 0 fully saturated rings. The Labute approximate surface area is 367 Å². The lowest BCUT2D eigenvalue weighted by Crippen LogP contribution is -2.51. The number of ether oxygens (including phenoxy) is 2. The highest BCUT2D eigenvalue weighted by Crippen LogP contribution is 2.39. The second-order valence-corrected chi connectivity index (χ2v) is 18.7. The smallest absolute Gasteiger partial charge is 0.737 e. The number of carbonyl (C=O) groups is 5. The molecular weight excluding hydrogens is 839 g/mol. The van der Waals surface area contributed by atoms with E-state index in [9.17, 15) is 36.9 Å². The zero-order valence-corrected chi connectivity index (χ0v) is 37.5. The van der Waals surface area contributed by atoms with Crippen LogP contribution in [0.4, 0.5) is 8.63 Å². The number of carbonyl (C=O) groups excluding carboxylic acids is 5. The Morgan fingerprint density at radius 1 is 0.905 bits per heavy atom. The van der Waals surface area contributed by atoms with Gasteiger partial charge >= 0.3 is 6.97 Å². The molecule has 3 amide bonds. The topological polar surface area (TPSA) is 184 Å². The molecule has 1 aromatic heterocycles. The highest BCUT2D eigenvalue weighted by Gasteiger charge is 2.54. The fourth-order valence-electron chi connectivity index (χ4n) is 8.05. The molecule has 5 rings (SSSR count). The number of amides is 3. The van der Waals surface area contributed by atoms with E-state index in [0.717, 1.165) is 36.9 Å². The van der Waals surface area contributed by atoms with Gasteiger partial charge in [0.05, 0.1) is 63.8 Å². The summed E-state index contributed by atoms with van der Waals surface area (Å²) in [7, 11) is 2.83. The van der Waals surface area contributed by atoms with Crippen LogP contribution in [0.25, 0.3) is 6.08 Å². The zero-order chi connectivity index (χ0) is 46.1. The third-order valence-electron chi connectivity index (χ3n) is 11.3. The van der Waals surface area contributed by atoms with E-state index in [2.05, 4.69) is 26.5 Å². The van der Waals surface area contributed by atoms with Crippen molar-refractivity contribution in [3.05, 3.63) is 82.3 Å². The van der Waals surface area contributed by atoms with Gasteiger partial charge < -0.3 is 41.4 Å². The molecule has 15 nitrogen and oxygen atoms in total. The molecule has 2 aromatic rings. The summed E-state index contributed by atoms with van der Waals surface area (Å²) in [6.45, 7) is -1.35. The molecule has 0 spiro atoms. The van der Waals surface area contributed by atoms with Crippen molar-refractivity contribution in [1.82, 2.24) is 14.7 Å². The van der Waals surface area contributed by atoms with Crippen molar-refractivity contribution in [2.45, 2.75) is 83.6 Å². The maximum atomic E-state index is 17.1. The zero-order valence-electron chi connectivity index (χ0n) is 36.7. The number of aromatic nitrogens is 1. The number of benzene rings is 1. The van der Waals surface area contributed by atoms with E-state index in [1.54, 1.807) is 43.3 Å². The first-order valence-corrected chi connectivity index (χ1v) is 22.9. The van der Waals surface area contributed by atoms with E-state index in [4.69, 9.17) is 9.47 Å². The van der Waals surface area contributed by atoms with Crippen LogP contribution in [-0.2, 0) is 45.2 Å². The second-order valence-electron chi connectivity index (χ2n) is 17.3. The standard InChI is InChI=1S/C44H58BF2N5O10S/c1-31-27-34(50-38(31)29-40-33(11-9-24-52(2,3)4)28-39(51(40)45(50,46)47)32-15-18-36(61-5)19-16-32)17-20-42(55)48-37(30-63(58,59)60)41(54)14-8-6-7-12-35(53)13-10-25-62-26-23-49-43(56)21-22-44(49)57/h15-16,18-19,21-22,27-29,37H,6-14,17,20,23-26,30H2,1-5H3,(H-,48,55,58,59,60). The Morgan fingerprint density at radius 3 is 2.22 bits per heavy atom. The molecule has 1 aromatic carbocycles. The number of unbranched alkanes of at least 4 members (excludes halogenated alkanes) is 2. The van der Waals surface area contributed by atoms with Gasteiger partial charge in [-0.25, -0.2) is 8.42 Å². The van der Waals surface area contributed by atoms with E-state index in [0.29, 0.717) is 59.7 Å². The lowest BCUT2D eigenvalue weighted by molar-refractivity contribution is -0.870. The Hall–Kier alpha value is -5.11. The summed E-state index contributed by atoms with van der Waals surface area (Å²) < 4.78 is 83.1. The summed E-state index contributed by atoms with van der Waals surface area (Å²) >= 11 is 0. The van der Waals surface area contributed by atoms with E-state index >= 15 is 8.63 Å². The first-order chi connectivity index (χ1) is 29.7. The number of hydrogen-bond donors (Lipinski definition) is 1. The van der Waals surface area contributed by atoms with Crippen LogP contribution < -0.4 is 10.1 Å². The Morgan fingerprint density at radius 2 is 1.57 bits per heavy atom. The Kier molecular flexibility index (Phi) is 16.3. The molecule has 0 bridgehead atoms. The van der Waals surface area contributed by atoms with Gasteiger partial charge in [0.2, 0.25) is 5.91 Å². The van der Waals surface area contributed by atoms with Crippen LogP contribution >= 0.6 is 0 Å². The van der Waals surface area contributed by atoms with Gasteiger partial charge in [0, 0.05) is 79.8 Å². The molecule has 1 atom stereocenters. The predicted molar refractivity (Wildman–Crippen MR) is 232 cm³/mol. The van der Waals surface area contributed by atoms with E-state index < -0.39 is 52.4 Å². The van der Waals surface area contributed by atoms with Crippen molar-refractivity contribution in [3.63, 3.8) is 0 Å². The molecule has 4 heterocycles.